The van der Waals surface area contributed by atoms with Gasteiger partial charge in [0.05, 0.1) is 12.8 Å². The molecule has 0 saturated heterocycles. The van der Waals surface area contributed by atoms with Crippen molar-refractivity contribution in [1.82, 2.24) is 0 Å². The zero-order valence-electron chi connectivity index (χ0n) is 20.5. The summed E-state index contributed by atoms with van der Waals surface area (Å²) in [5.41, 5.74) is 3.70. The second-order valence-corrected chi connectivity index (χ2v) is 9.02. The Morgan fingerprint density at radius 3 is 2.11 bits per heavy atom. The van der Waals surface area contributed by atoms with Crippen LogP contribution in [0.25, 0.3) is 0 Å². The number of ether oxygens (including phenoxy) is 2. The summed E-state index contributed by atoms with van der Waals surface area (Å²) < 4.78 is 11.3. The average Bonchev–Trinajstić information content (AvgIpc) is 3.35. The van der Waals surface area contributed by atoms with Crippen LogP contribution in [0.5, 0.6) is 11.5 Å². The van der Waals surface area contributed by atoms with Crippen molar-refractivity contribution in [3.8, 4) is 11.5 Å². The van der Waals surface area contributed by atoms with E-state index in [2.05, 4.69) is 0 Å². The van der Waals surface area contributed by atoms with Crippen molar-refractivity contribution in [2.45, 2.75) is 19.7 Å². The normalized spacial score (nSPS) is 14.9. The standard InChI is InChI=1S/C30H26ClN3O3/c1-21(35)29-32-34(26-6-4-3-5-7-26)30(33(29)25-14-18-27(36-2)19-15-25)23-10-16-28(17-11-23)37-20-22-8-12-24(31)13-9-22/h3-19,30H,20H2,1-2H3/t30-/m0/s1. The largest absolute Gasteiger partial charge is 0.497 e. The summed E-state index contributed by atoms with van der Waals surface area (Å²) >= 11 is 5.98. The lowest BCUT2D eigenvalue weighted by Gasteiger charge is -2.32. The first-order valence-electron chi connectivity index (χ1n) is 11.9. The first-order chi connectivity index (χ1) is 18.0. The van der Waals surface area contributed by atoms with Crippen molar-refractivity contribution in [3.63, 3.8) is 0 Å². The number of benzene rings is 4. The number of anilines is 2. The number of carbonyl (C=O) groups excluding carboxylic acids is 1. The maximum atomic E-state index is 12.7. The highest BCUT2D eigenvalue weighted by Crippen LogP contribution is 2.39. The molecule has 4 aromatic carbocycles. The number of halogens is 1. The molecule has 0 unspecified atom stereocenters. The van der Waals surface area contributed by atoms with Gasteiger partial charge in [0.2, 0.25) is 0 Å². The maximum absolute atomic E-state index is 12.7. The molecule has 1 heterocycles. The van der Waals surface area contributed by atoms with Crippen LogP contribution in [0.15, 0.2) is 108 Å². The maximum Gasteiger partial charge on any atom is 0.198 e. The molecule has 1 atom stereocenters. The predicted octanol–water partition coefficient (Wildman–Crippen LogP) is 6.86. The number of para-hydroxylation sites is 1. The van der Waals surface area contributed by atoms with E-state index in [1.807, 2.05) is 113 Å². The van der Waals surface area contributed by atoms with Gasteiger partial charge in [-0.2, -0.15) is 0 Å². The molecule has 0 aromatic heterocycles. The highest BCUT2D eigenvalue weighted by molar-refractivity contribution is 6.44. The number of ketones is 1. The van der Waals surface area contributed by atoms with E-state index in [1.165, 1.54) is 6.92 Å². The molecule has 0 saturated carbocycles. The van der Waals surface area contributed by atoms with E-state index in [-0.39, 0.29) is 11.9 Å². The van der Waals surface area contributed by atoms with E-state index in [0.717, 1.165) is 34.0 Å². The second kappa shape index (κ2) is 10.8. The Morgan fingerprint density at radius 1 is 0.838 bits per heavy atom. The van der Waals surface area contributed by atoms with Gasteiger partial charge >= 0.3 is 0 Å². The summed E-state index contributed by atoms with van der Waals surface area (Å²) in [6, 6.07) is 32.9. The smallest absolute Gasteiger partial charge is 0.198 e. The fourth-order valence-corrected chi connectivity index (χ4v) is 4.36. The van der Waals surface area contributed by atoms with Gasteiger partial charge in [-0.15, -0.1) is 5.10 Å². The molecule has 1 aliphatic rings. The first kappa shape index (κ1) is 24.4. The van der Waals surface area contributed by atoms with Gasteiger partial charge in [0.25, 0.3) is 0 Å². The molecule has 6 nitrogen and oxygen atoms in total. The van der Waals surface area contributed by atoms with Crippen molar-refractivity contribution in [1.29, 1.82) is 0 Å². The summed E-state index contributed by atoms with van der Waals surface area (Å²) in [4.78, 5) is 14.7. The van der Waals surface area contributed by atoms with Gasteiger partial charge in [-0.05, 0) is 71.8 Å². The van der Waals surface area contributed by atoms with Gasteiger partial charge < -0.3 is 9.47 Å². The number of methoxy groups -OCH3 is 1. The van der Waals surface area contributed by atoms with E-state index in [9.17, 15) is 4.79 Å². The SMILES string of the molecule is COc1ccc(N2C(C(C)=O)=NN(c3ccccc3)[C@H]2c2ccc(OCc3ccc(Cl)cc3)cc2)cc1. The number of carbonyl (C=O) groups is 1. The van der Waals surface area contributed by atoms with Crippen LogP contribution in [0, 0.1) is 0 Å². The topological polar surface area (TPSA) is 54.4 Å². The zero-order valence-corrected chi connectivity index (χ0v) is 21.3. The lowest BCUT2D eigenvalue weighted by Crippen LogP contribution is -2.37. The van der Waals surface area contributed by atoms with Crippen LogP contribution >= 0.6 is 11.6 Å². The molecule has 186 valence electrons. The Kier molecular flexibility index (Phi) is 7.10. The summed E-state index contributed by atoms with van der Waals surface area (Å²) in [5, 5.41) is 7.35. The number of Topliss-reactive ketones (excluding diaryl/α,β-unsaturated/α-hetero) is 1. The molecule has 0 bridgehead atoms. The highest BCUT2D eigenvalue weighted by Gasteiger charge is 2.39. The fraction of sp³-hybridized carbons (Fsp3) is 0.133. The highest BCUT2D eigenvalue weighted by atomic mass is 35.5. The van der Waals surface area contributed by atoms with Crippen molar-refractivity contribution in [2.24, 2.45) is 5.10 Å². The third-order valence-electron chi connectivity index (χ3n) is 6.09. The van der Waals surface area contributed by atoms with Crippen LogP contribution in [-0.4, -0.2) is 18.7 Å². The Balaban J connectivity index is 1.48. The number of amidine groups is 1. The molecular formula is C30H26ClN3O3. The summed E-state index contributed by atoms with van der Waals surface area (Å²) in [7, 11) is 1.63. The van der Waals surface area contributed by atoms with E-state index < -0.39 is 0 Å². The van der Waals surface area contributed by atoms with Gasteiger partial charge in [0, 0.05) is 17.6 Å². The molecule has 0 fully saturated rings. The Morgan fingerprint density at radius 2 is 1.49 bits per heavy atom. The number of rotatable bonds is 8. The van der Waals surface area contributed by atoms with Crippen LogP contribution in [0.1, 0.15) is 24.2 Å². The number of hydrogen-bond acceptors (Lipinski definition) is 6. The fourth-order valence-electron chi connectivity index (χ4n) is 4.23. The molecule has 7 heteroatoms. The van der Waals surface area contributed by atoms with E-state index >= 15 is 0 Å². The minimum absolute atomic E-state index is 0.123. The number of nitrogens with zero attached hydrogens (tertiary/aromatic N) is 3. The molecule has 0 amide bonds. The van der Waals surface area contributed by atoms with Crippen LogP contribution in [0.3, 0.4) is 0 Å². The Hall–Kier alpha value is -4.29. The summed E-state index contributed by atoms with van der Waals surface area (Å²) in [6.07, 6.45) is -0.375. The minimum Gasteiger partial charge on any atom is -0.497 e. The Bertz CT molecular complexity index is 1390. The minimum atomic E-state index is -0.375. The van der Waals surface area contributed by atoms with Gasteiger partial charge in [-0.3, -0.25) is 9.69 Å². The molecule has 0 radical (unpaired) electrons. The van der Waals surface area contributed by atoms with Crippen molar-refractivity contribution >= 4 is 34.6 Å². The third-order valence-corrected chi connectivity index (χ3v) is 6.34. The molecule has 0 N–H and O–H groups in total. The quantitative estimate of drug-likeness (QED) is 0.259. The molecule has 1 aliphatic heterocycles. The second-order valence-electron chi connectivity index (χ2n) is 8.59. The lowest BCUT2D eigenvalue weighted by atomic mass is 10.1. The van der Waals surface area contributed by atoms with Crippen LogP contribution in [-0.2, 0) is 11.4 Å². The number of hydrazone groups is 1. The lowest BCUT2D eigenvalue weighted by molar-refractivity contribution is -0.111. The molecule has 0 aliphatic carbocycles. The molecule has 0 spiro atoms. The van der Waals surface area contributed by atoms with Crippen LogP contribution in [0.2, 0.25) is 5.02 Å². The average molecular weight is 512 g/mol. The van der Waals surface area contributed by atoms with Gasteiger partial charge in [-0.1, -0.05) is 54.1 Å². The third kappa shape index (κ3) is 5.29. The van der Waals surface area contributed by atoms with Crippen molar-refractivity contribution < 1.29 is 14.3 Å². The van der Waals surface area contributed by atoms with E-state index in [0.29, 0.717) is 17.5 Å². The first-order valence-corrected chi connectivity index (χ1v) is 12.3. The summed E-state index contributed by atoms with van der Waals surface area (Å²) in [5.74, 6) is 1.72. The molecular weight excluding hydrogens is 486 g/mol. The van der Waals surface area contributed by atoms with E-state index in [1.54, 1.807) is 7.11 Å². The van der Waals surface area contributed by atoms with Gasteiger partial charge in [0.15, 0.2) is 17.8 Å². The van der Waals surface area contributed by atoms with Crippen LogP contribution < -0.4 is 19.4 Å². The Labute approximate surface area is 221 Å². The monoisotopic (exact) mass is 511 g/mol. The van der Waals surface area contributed by atoms with Crippen molar-refractivity contribution in [3.05, 3.63) is 119 Å². The van der Waals surface area contributed by atoms with Crippen molar-refractivity contribution in [2.75, 3.05) is 17.0 Å². The zero-order chi connectivity index (χ0) is 25.8. The van der Waals surface area contributed by atoms with Gasteiger partial charge in [-0.25, -0.2) is 5.01 Å². The molecule has 37 heavy (non-hydrogen) atoms. The van der Waals surface area contributed by atoms with Crippen LogP contribution in [0.4, 0.5) is 11.4 Å². The summed E-state index contributed by atoms with van der Waals surface area (Å²) in [6.45, 7) is 1.97. The van der Waals surface area contributed by atoms with Gasteiger partial charge in [0.1, 0.15) is 18.1 Å². The van der Waals surface area contributed by atoms with E-state index in [4.69, 9.17) is 26.2 Å². The predicted molar refractivity (Wildman–Crippen MR) is 147 cm³/mol. The number of hydrogen-bond donors (Lipinski definition) is 0. The molecule has 5 rings (SSSR count). The molecule has 4 aromatic rings.